The van der Waals surface area contributed by atoms with Crippen LogP contribution < -0.4 is 0 Å². The number of benzene rings is 2. The molecule has 2 aromatic carbocycles. The lowest BCUT2D eigenvalue weighted by atomic mass is 10.0. The van der Waals surface area contributed by atoms with Gasteiger partial charge in [0.1, 0.15) is 0 Å². The molecule has 0 aliphatic carbocycles. The molecule has 190 valence electrons. The minimum absolute atomic E-state index is 0.0311. The molecule has 6 nitrogen and oxygen atoms in total. The number of hydrogen-bond acceptors (Lipinski definition) is 6. The topological polar surface area (TPSA) is 87.6 Å². The van der Waals surface area contributed by atoms with Gasteiger partial charge in [0.15, 0.2) is 15.6 Å². The Labute approximate surface area is 218 Å². The van der Waals surface area contributed by atoms with E-state index in [1.54, 1.807) is 42.6 Å². The van der Waals surface area contributed by atoms with Crippen LogP contribution in [0.15, 0.2) is 48.7 Å². The first-order valence-electron chi connectivity index (χ1n) is 11.9. The summed E-state index contributed by atoms with van der Waals surface area (Å²) >= 11 is 6.19. The second-order valence-electron chi connectivity index (χ2n) is 8.81. The molecule has 8 heteroatoms. The lowest BCUT2D eigenvalue weighted by Crippen LogP contribution is -2.32. The number of pyridine rings is 1. The summed E-state index contributed by atoms with van der Waals surface area (Å²) < 4.78 is 23.9. The molecule has 0 aliphatic heterocycles. The van der Waals surface area contributed by atoms with Crippen molar-refractivity contribution in [1.82, 2.24) is 9.88 Å². The van der Waals surface area contributed by atoms with E-state index in [2.05, 4.69) is 21.7 Å². The summed E-state index contributed by atoms with van der Waals surface area (Å²) in [6.45, 7) is 6.38. The molecule has 0 fully saturated rings. The third kappa shape index (κ3) is 7.87. The van der Waals surface area contributed by atoms with Gasteiger partial charge in [-0.3, -0.25) is 9.78 Å². The van der Waals surface area contributed by atoms with Crippen molar-refractivity contribution in [2.45, 2.75) is 38.5 Å². The quantitative estimate of drug-likeness (QED) is 0.309. The van der Waals surface area contributed by atoms with E-state index in [1.165, 1.54) is 0 Å². The average molecular weight is 527 g/mol. The SMILES string of the molecule is CCN(CC)CC(O)CCC(=O)c1ccc(C#Cc2c(CS(C)(=O)=O)ncc3ccc(Cl)cc23)cc1. The van der Waals surface area contributed by atoms with Gasteiger partial charge in [-0.2, -0.15) is 0 Å². The fraction of sp³-hybridized carbons (Fsp3) is 0.357. The Kier molecular flexibility index (Phi) is 9.63. The second kappa shape index (κ2) is 12.5. The zero-order valence-corrected chi connectivity index (χ0v) is 22.4. The van der Waals surface area contributed by atoms with Crippen LogP contribution >= 0.6 is 11.6 Å². The van der Waals surface area contributed by atoms with E-state index in [1.807, 2.05) is 19.9 Å². The van der Waals surface area contributed by atoms with E-state index >= 15 is 0 Å². The summed E-state index contributed by atoms with van der Waals surface area (Å²) in [7, 11) is -3.32. The highest BCUT2D eigenvalue weighted by Crippen LogP contribution is 2.25. The van der Waals surface area contributed by atoms with E-state index in [-0.39, 0.29) is 18.0 Å². The molecule has 36 heavy (non-hydrogen) atoms. The van der Waals surface area contributed by atoms with Gasteiger partial charge in [-0.05, 0) is 43.8 Å². The maximum Gasteiger partial charge on any atom is 0.162 e. The predicted molar refractivity (Wildman–Crippen MR) is 145 cm³/mol. The number of nitrogens with zero attached hydrogens (tertiary/aromatic N) is 2. The molecule has 0 radical (unpaired) electrons. The third-order valence-corrected chi connectivity index (χ3v) is 6.97. The first-order chi connectivity index (χ1) is 17.1. The number of ketones is 1. The Balaban J connectivity index is 1.79. The number of aliphatic hydroxyl groups is 1. The van der Waals surface area contributed by atoms with Crippen LogP contribution in [0.2, 0.25) is 5.02 Å². The average Bonchev–Trinajstić information content (AvgIpc) is 2.84. The second-order valence-corrected chi connectivity index (χ2v) is 11.4. The summed E-state index contributed by atoms with van der Waals surface area (Å²) in [4.78, 5) is 19.1. The van der Waals surface area contributed by atoms with Crippen LogP contribution in [0.3, 0.4) is 0 Å². The van der Waals surface area contributed by atoms with Crippen LogP contribution in [-0.4, -0.2) is 61.2 Å². The predicted octanol–water partition coefficient (Wildman–Crippen LogP) is 4.50. The number of halogens is 1. The van der Waals surface area contributed by atoms with Crippen LogP contribution in [0.5, 0.6) is 0 Å². The van der Waals surface area contributed by atoms with Gasteiger partial charge in [-0.15, -0.1) is 0 Å². The van der Waals surface area contributed by atoms with E-state index in [4.69, 9.17) is 11.6 Å². The molecule has 1 aromatic heterocycles. The monoisotopic (exact) mass is 526 g/mol. The fourth-order valence-electron chi connectivity index (χ4n) is 3.91. The van der Waals surface area contributed by atoms with E-state index in [0.29, 0.717) is 40.4 Å². The lowest BCUT2D eigenvalue weighted by molar-refractivity contribution is 0.0877. The van der Waals surface area contributed by atoms with Gasteiger partial charge >= 0.3 is 0 Å². The lowest BCUT2D eigenvalue weighted by Gasteiger charge is -2.21. The van der Waals surface area contributed by atoms with Crippen LogP contribution in [0.1, 0.15) is 53.9 Å². The highest BCUT2D eigenvalue weighted by Gasteiger charge is 2.14. The van der Waals surface area contributed by atoms with Gasteiger partial charge in [-0.25, -0.2) is 8.42 Å². The van der Waals surface area contributed by atoms with Crippen LogP contribution in [0.25, 0.3) is 10.8 Å². The van der Waals surface area contributed by atoms with Gasteiger partial charge in [0.25, 0.3) is 0 Å². The van der Waals surface area contributed by atoms with Crippen molar-refractivity contribution in [3.05, 3.63) is 76.1 Å². The number of hydrogen-bond donors (Lipinski definition) is 1. The van der Waals surface area contributed by atoms with Crippen molar-refractivity contribution in [2.75, 3.05) is 25.9 Å². The number of aromatic nitrogens is 1. The van der Waals surface area contributed by atoms with Gasteiger partial charge in [0.2, 0.25) is 0 Å². The highest BCUT2D eigenvalue weighted by molar-refractivity contribution is 7.89. The minimum atomic E-state index is -3.32. The normalized spacial score (nSPS) is 12.4. The first-order valence-corrected chi connectivity index (χ1v) is 14.3. The molecule has 0 bridgehead atoms. The molecule has 3 aromatic rings. The summed E-state index contributed by atoms with van der Waals surface area (Å²) in [5.74, 6) is 5.89. The Morgan fingerprint density at radius 3 is 2.44 bits per heavy atom. The zero-order valence-electron chi connectivity index (χ0n) is 20.8. The molecule has 1 unspecified atom stereocenters. The summed E-state index contributed by atoms with van der Waals surface area (Å²) in [6.07, 6.45) is 2.92. The maximum atomic E-state index is 12.6. The minimum Gasteiger partial charge on any atom is -0.392 e. The summed E-state index contributed by atoms with van der Waals surface area (Å²) in [5.41, 5.74) is 2.13. The van der Waals surface area contributed by atoms with Crippen molar-refractivity contribution in [1.29, 1.82) is 0 Å². The van der Waals surface area contributed by atoms with Crippen LogP contribution in [-0.2, 0) is 15.6 Å². The molecule has 3 rings (SSSR count). The first kappa shape index (κ1) is 27.8. The molecular weight excluding hydrogens is 496 g/mol. The number of rotatable bonds is 10. The molecule has 0 saturated heterocycles. The van der Waals surface area contributed by atoms with Gasteiger partial charge in [0.05, 0.1) is 23.1 Å². The van der Waals surface area contributed by atoms with Crippen molar-refractivity contribution >= 4 is 38.0 Å². The zero-order chi connectivity index (χ0) is 26.3. The van der Waals surface area contributed by atoms with E-state index in [9.17, 15) is 18.3 Å². The molecule has 1 heterocycles. The van der Waals surface area contributed by atoms with Crippen LogP contribution in [0.4, 0.5) is 0 Å². The van der Waals surface area contributed by atoms with Crippen molar-refractivity contribution in [3.8, 4) is 11.8 Å². The Hall–Kier alpha value is -2.76. The van der Waals surface area contributed by atoms with E-state index in [0.717, 1.165) is 30.1 Å². The summed E-state index contributed by atoms with van der Waals surface area (Å²) in [5, 5.41) is 12.3. The number of aliphatic hydroxyl groups excluding tert-OH is 1. The molecule has 0 spiro atoms. The summed E-state index contributed by atoms with van der Waals surface area (Å²) in [6, 6.07) is 12.3. The number of sulfone groups is 1. The Bertz CT molecular complexity index is 1390. The fourth-order valence-corrected chi connectivity index (χ4v) is 4.80. The standard InChI is InChI=1S/C28H31ClN2O4S/c1-4-31(5-2)18-24(32)13-15-28(33)21-9-6-20(7-10-21)8-14-25-26-16-23(29)12-11-22(26)17-30-27(25)19-36(3,34)35/h6-7,9-12,16-17,24,32H,4-5,13,15,18-19H2,1-3H3. The van der Waals surface area contributed by atoms with Crippen molar-refractivity contribution in [3.63, 3.8) is 0 Å². The number of likely N-dealkylation sites (N-methyl/N-ethyl adjacent to an activating group) is 1. The molecule has 0 amide bonds. The molecule has 1 N–H and O–H groups in total. The molecular formula is C28H31ClN2O4S. The number of carbonyl (C=O) groups excluding carboxylic acids is 1. The Morgan fingerprint density at radius 2 is 1.81 bits per heavy atom. The van der Waals surface area contributed by atoms with Crippen molar-refractivity contribution < 1.29 is 18.3 Å². The third-order valence-electron chi connectivity index (χ3n) is 5.94. The van der Waals surface area contributed by atoms with Crippen molar-refractivity contribution in [2.24, 2.45) is 0 Å². The number of carbonyl (C=O) groups is 1. The van der Waals surface area contributed by atoms with Crippen LogP contribution in [0, 0.1) is 11.8 Å². The molecule has 0 saturated carbocycles. The van der Waals surface area contributed by atoms with Gasteiger partial charge in [0, 0.05) is 52.3 Å². The molecule has 0 aliphatic rings. The maximum absolute atomic E-state index is 12.6. The van der Waals surface area contributed by atoms with Gasteiger partial charge < -0.3 is 10.0 Å². The smallest absolute Gasteiger partial charge is 0.162 e. The van der Waals surface area contributed by atoms with Gasteiger partial charge in [-0.1, -0.05) is 55.5 Å². The van der Waals surface area contributed by atoms with E-state index < -0.39 is 15.9 Å². The molecule has 1 atom stereocenters. The number of Topliss-reactive ketones (excluding diaryl/α,β-unsaturated/α-hetero) is 1. The highest BCUT2D eigenvalue weighted by atomic mass is 35.5. The largest absolute Gasteiger partial charge is 0.392 e. The Morgan fingerprint density at radius 1 is 1.11 bits per heavy atom. The number of fused-ring (bicyclic) bond motifs is 1.